The quantitative estimate of drug-likeness (QED) is 0.639. The Labute approximate surface area is 98.2 Å². The van der Waals surface area contributed by atoms with Crippen LogP contribution in [0.2, 0.25) is 0 Å². The maximum atomic E-state index is 5.57. The van der Waals surface area contributed by atoms with Crippen LogP contribution in [0, 0.1) is 0 Å². The van der Waals surface area contributed by atoms with E-state index in [4.69, 9.17) is 11.6 Å². The molecule has 0 aliphatic carbocycles. The highest BCUT2D eigenvalue weighted by Crippen LogP contribution is 2.06. The number of pyridine rings is 1. The number of aromatic nitrogens is 1. The molecule has 0 amide bonds. The van der Waals surface area contributed by atoms with Crippen LogP contribution in [0.1, 0.15) is 18.5 Å². The minimum absolute atomic E-state index is 0.748. The molecule has 0 atom stereocenters. The molecule has 4 heteroatoms. The van der Waals surface area contributed by atoms with Crippen molar-refractivity contribution in [1.82, 2.24) is 10.3 Å². The number of hydrogen-bond donors (Lipinski definition) is 1. The predicted molar refractivity (Wildman–Crippen MR) is 63.6 cm³/mol. The van der Waals surface area contributed by atoms with Crippen LogP contribution in [0.5, 0.6) is 0 Å². The molecule has 0 fully saturated rings. The third-order valence-corrected chi connectivity index (χ3v) is 2.57. The van der Waals surface area contributed by atoms with Gasteiger partial charge in [0.2, 0.25) is 0 Å². The van der Waals surface area contributed by atoms with E-state index in [1.165, 1.54) is 0 Å². The van der Waals surface area contributed by atoms with Crippen molar-refractivity contribution >= 4 is 27.5 Å². The summed E-state index contributed by atoms with van der Waals surface area (Å²) in [7, 11) is 0. The van der Waals surface area contributed by atoms with Crippen molar-refractivity contribution < 1.29 is 0 Å². The first-order valence-corrected chi connectivity index (χ1v) is 6.03. The summed E-state index contributed by atoms with van der Waals surface area (Å²) in [4.78, 5) is 4.26. The molecule has 0 aliphatic heterocycles. The van der Waals surface area contributed by atoms with Gasteiger partial charge in [-0.05, 0) is 47.4 Å². The van der Waals surface area contributed by atoms with Crippen molar-refractivity contribution in [3.05, 3.63) is 28.5 Å². The predicted octanol–water partition coefficient (Wildman–Crippen LogP) is 2.95. The largest absolute Gasteiger partial charge is 0.311 e. The topological polar surface area (TPSA) is 24.9 Å². The zero-order valence-corrected chi connectivity index (χ0v) is 10.3. The standard InChI is InChI=1S/C10H14BrClN2/c11-9-3-4-10(14-7-9)8-13-6-2-1-5-12/h3-4,7,13H,1-2,5-6,8H2. The van der Waals surface area contributed by atoms with Crippen molar-refractivity contribution in [2.24, 2.45) is 0 Å². The molecule has 1 N–H and O–H groups in total. The molecular weight excluding hydrogens is 263 g/mol. The number of hydrogen-bond acceptors (Lipinski definition) is 2. The van der Waals surface area contributed by atoms with Crippen LogP contribution in [-0.2, 0) is 6.54 Å². The van der Waals surface area contributed by atoms with Crippen molar-refractivity contribution in [1.29, 1.82) is 0 Å². The minimum Gasteiger partial charge on any atom is -0.311 e. The van der Waals surface area contributed by atoms with Crippen LogP contribution in [0.15, 0.2) is 22.8 Å². The lowest BCUT2D eigenvalue weighted by atomic mass is 10.3. The maximum Gasteiger partial charge on any atom is 0.0542 e. The Morgan fingerprint density at radius 2 is 2.21 bits per heavy atom. The van der Waals surface area contributed by atoms with E-state index in [0.717, 1.165) is 42.0 Å². The van der Waals surface area contributed by atoms with E-state index in [1.807, 2.05) is 18.3 Å². The normalized spacial score (nSPS) is 10.4. The molecule has 1 aromatic rings. The molecule has 0 unspecified atom stereocenters. The van der Waals surface area contributed by atoms with Gasteiger partial charge in [-0.25, -0.2) is 0 Å². The van der Waals surface area contributed by atoms with Gasteiger partial charge in [-0.1, -0.05) is 0 Å². The van der Waals surface area contributed by atoms with E-state index in [1.54, 1.807) is 0 Å². The fraction of sp³-hybridized carbons (Fsp3) is 0.500. The van der Waals surface area contributed by atoms with E-state index in [2.05, 4.69) is 26.2 Å². The van der Waals surface area contributed by atoms with Crippen molar-refractivity contribution in [2.75, 3.05) is 12.4 Å². The fourth-order valence-electron chi connectivity index (χ4n) is 1.07. The molecule has 78 valence electrons. The van der Waals surface area contributed by atoms with Crippen molar-refractivity contribution in [3.63, 3.8) is 0 Å². The van der Waals surface area contributed by atoms with Gasteiger partial charge in [-0.3, -0.25) is 4.98 Å². The average Bonchev–Trinajstić information content (AvgIpc) is 2.21. The smallest absolute Gasteiger partial charge is 0.0542 e. The summed E-state index contributed by atoms with van der Waals surface area (Å²) in [6, 6.07) is 4.02. The number of halogens is 2. The first-order chi connectivity index (χ1) is 6.83. The van der Waals surface area contributed by atoms with Gasteiger partial charge < -0.3 is 5.32 Å². The molecule has 1 aromatic heterocycles. The maximum absolute atomic E-state index is 5.57. The second-order valence-electron chi connectivity index (χ2n) is 3.04. The number of unbranched alkanes of at least 4 members (excludes halogenated alkanes) is 1. The molecule has 0 aromatic carbocycles. The van der Waals surface area contributed by atoms with E-state index in [-0.39, 0.29) is 0 Å². The summed E-state index contributed by atoms with van der Waals surface area (Å²) < 4.78 is 1.02. The molecule has 0 saturated carbocycles. The van der Waals surface area contributed by atoms with Gasteiger partial charge in [-0.15, -0.1) is 11.6 Å². The molecule has 1 rings (SSSR count). The van der Waals surface area contributed by atoms with Crippen LogP contribution >= 0.6 is 27.5 Å². The molecule has 0 saturated heterocycles. The lowest BCUT2D eigenvalue weighted by molar-refractivity contribution is 0.634. The van der Waals surface area contributed by atoms with Gasteiger partial charge in [0.1, 0.15) is 0 Å². The van der Waals surface area contributed by atoms with Gasteiger partial charge in [-0.2, -0.15) is 0 Å². The summed E-state index contributed by atoms with van der Waals surface area (Å²) in [5.74, 6) is 0.748. The molecule has 0 aliphatic rings. The van der Waals surface area contributed by atoms with Crippen LogP contribution in [0.3, 0.4) is 0 Å². The van der Waals surface area contributed by atoms with Gasteiger partial charge in [0.15, 0.2) is 0 Å². The SMILES string of the molecule is ClCCCCNCc1ccc(Br)cn1. The Morgan fingerprint density at radius 3 is 2.86 bits per heavy atom. The Balaban J connectivity index is 2.15. The van der Waals surface area contributed by atoms with Gasteiger partial charge in [0, 0.05) is 23.1 Å². The Morgan fingerprint density at radius 1 is 1.36 bits per heavy atom. The van der Waals surface area contributed by atoms with E-state index in [0.29, 0.717) is 0 Å². The van der Waals surface area contributed by atoms with Crippen LogP contribution < -0.4 is 5.32 Å². The van der Waals surface area contributed by atoms with Crippen LogP contribution in [0.4, 0.5) is 0 Å². The number of rotatable bonds is 6. The fourth-order valence-corrected chi connectivity index (χ4v) is 1.50. The highest BCUT2D eigenvalue weighted by Gasteiger charge is 1.93. The Kier molecular flexibility index (Phi) is 6.15. The van der Waals surface area contributed by atoms with Gasteiger partial charge in [0.25, 0.3) is 0 Å². The summed E-state index contributed by atoms with van der Waals surface area (Å²) in [6.07, 6.45) is 4.01. The zero-order valence-electron chi connectivity index (χ0n) is 7.97. The third kappa shape index (κ3) is 4.94. The summed E-state index contributed by atoms with van der Waals surface area (Å²) in [6.45, 7) is 1.83. The molecule has 2 nitrogen and oxygen atoms in total. The first-order valence-electron chi connectivity index (χ1n) is 4.70. The molecule has 14 heavy (non-hydrogen) atoms. The van der Waals surface area contributed by atoms with Gasteiger partial charge in [0.05, 0.1) is 5.69 Å². The highest BCUT2D eigenvalue weighted by atomic mass is 79.9. The molecule has 0 radical (unpaired) electrons. The first kappa shape index (κ1) is 12.0. The number of nitrogens with zero attached hydrogens (tertiary/aromatic N) is 1. The highest BCUT2D eigenvalue weighted by molar-refractivity contribution is 9.10. The second-order valence-corrected chi connectivity index (χ2v) is 4.33. The van der Waals surface area contributed by atoms with Crippen LogP contribution in [-0.4, -0.2) is 17.4 Å². The summed E-state index contributed by atoms with van der Waals surface area (Å²) in [5.41, 5.74) is 1.07. The average molecular weight is 278 g/mol. The monoisotopic (exact) mass is 276 g/mol. The lowest BCUT2D eigenvalue weighted by Gasteiger charge is -2.03. The molecule has 1 heterocycles. The van der Waals surface area contributed by atoms with Gasteiger partial charge >= 0.3 is 0 Å². The molecule has 0 spiro atoms. The minimum atomic E-state index is 0.748. The second kappa shape index (κ2) is 7.21. The van der Waals surface area contributed by atoms with E-state index < -0.39 is 0 Å². The Hall–Kier alpha value is -0.120. The van der Waals surface area contributed by atoms with E-state index >= 15 is 0 Å². The van der Waals surface area contributed by atoms with E-state index in [9.17, 15) is 0 Å². The lowest BCUT2D eigenvalue weighted by Crippen LogP contribution is -2.15. The summed E-state index contributed by atoms with van der Waals surface area (Å²) in [5, 5.41) is 3.32. The molecular formula is C10H14BrClN2. The third-order valence-electron chi connectivity index (χ3n) is 1.83. The van der Waals surface area contributed by atoms with Crippen molar-refractivity contribution in [3.8, 4) is 0 Å². The zero-order chi connectivity index (χ0) is 10.2. The number of nitrogens with one attached hydrogen (secondary N) is 1. The van der Waals surface area contributed by atoms with Crippen molar-refractivity contribution in [2.45, 2.75) is 19.4 Å². The Bertz CT molecular complexity index is 251. The summed E-state index contributed by atoms with van der Waals surface area (Å²) >= 11 is 8.92. The number of alkyl halides is 1. The van der Waals surface area contributed by atoms with Crippen LogP contribution in [0.25, 0.3) is 0 Å². The molecule has 0 bridgehead atoms.